The first-order valence-electron chi connectivity index (χ1n) is 6.89. The highest BCUT2D eigenvalue weighted by molar-refractivity contribution is 5.93. The molecule has 0 bridgehead atoms. The number of hydrogen-bond acceptors (Lipinski definition) is 4. The van der Waals surface area contributed by atoms with E-state index in [0.29, 0.717) is 25.1 Å². The molecular formula is C13H23N5O2. The molecule has 7 nitrogen and oxygen atoms in total. The second-order valence-corrected chi connectivity index (χ2v) is 4.56. The number of oxime groups is 1. The molecule has 1 amide bonds. The summed E-state index contributed by atoms with van der Waals surface area (Å²) in [6.07, 6.45) is 1.80. The van der Waals surface area contributed by atoms with Crippen molar-refractivity contribution in [2.75, 3.05) is 0 Å². The van der Waals surface area contributed by atoms with Gasteiger partial charge in [0.05, 0.1) is 5.69 Å². The number of nitrogens with zero attached hydrogens (tertiary/aromatic N) is 3. The average Bonchev–Trinajstić information content (AvgIpc) is 2.89. The lowest BCUT2D eigenvalue weighted by Crippen LogP contribution is -2.38. The summed E-state index contributed by atoms with van der Waals surface area (Å²) in [6.45, 7) is 6.51. The zero-order valence-corrected chi connectivity index (χ0v) is 12.3. The van der Waals surface area contributed by atoms with E-state index >= 15 is 0 Å². The van der Waals surface area contributed by atoms with Gasteiger partial charge in [-0.3, -0.25) is 9.48 Å². The molecule has 1 rings (SSSR count). The molecule has 0 saturated carbocycles. The number of nitrogens with two attached hydrogens (primary N) is 1. The van der Waals surface area contributed by atoms with Crippen LogP contribution < -0.4 is 11.1 Å². The molecule has 112 valence electrons. The molecule has 0 aromatic carbocycles. The van der Waals surface area contributed by atoms with Crippen LogP contribution in [0.25, 0.3) is 0 Å². The normalized spacial score (nSPS) is 13.2. The lowest BCUT2D eigenvalue weighted by Gasteiger charge is -2.16. The number of amidine groups is 1. The molecule has 20 heavy (non-hydrogen) atoms. The van der Waals surface area contributed by atoms with Crippen molar-refractivity contribution in [2.24, 2.45) is 10.9 Å². The summed E-state index contributed by atoms with van der Waals surface area (Å²) < 4.78 is 1.68. The zero-order valence-electron chi connectivity index (χ0n) is 12.3. The first-order chi connectivity index (χ1) is 9.55. The number of aromatic nitrogens is 2. The lowest BCUT2D eigenvalue weighted by atomic mass is 10.1. The fourth-order valence-corrected chi connectivity index (χ4v) is 1.92. The zero-order chi connectivity index (χ0) is 15.1. The van der Waals surface area contributed by atoms with Gasteiger partial charge in [0.15, 0.2) is 0 Å². The molecule has 1 unspecified atom stereocenters. The Morgan fingerprint density at radius 2 is 2.25 bits per heavy atom. The van der Waals surface area contributed by atoms with E-state index in [9.17, 15) is 4.79 Å². The molecule has 1 heterocycles. The summed E-state index contributed by atoms with van der Waals surface area (Å²) in [5.41, 5.74) is 6.91. The van der Waals surface area contributed by atoms with Gasteiger partial charge in [-0.15, -0.1) is 0 Å². The average molecular weight is 281 g/mol. The van der Waals surface area contributed by atoms with Gasteiger partial charge < -0.3 is 16.3 Å². The highest BCUT2D eigenvalue weighted by Crippen LogP contribution is 2.07. The Balaban J connectivity index is 2.81. The van der Waals surface area contributed by atoms with Crippen LogP contribution in [0, 0.1) is 0 Å². The molecule has 1 aromatic heterocycles. The van der Waals surface area contributed by atoms with Gasteiger partial charge in [-0.1, -0.05) is 19.0 Å². The second-order valence-electron chi connectivity index (χ2n) is 4.56. The van der Waals surface area contributed by atoms with Crippen molar-refractivity contribution in [1.29, 1.82) is 0 Å². The molecule has 0 saturated heterocycles. The van der Waals surface area contributed by atoms with Crippen LogP contribution >= 0.6 is 0 Å². The van der Waals surface area contributed by atoms with E-state index in [1.54, 1.807) is 10.7 Å². The lowest BCUT2D eigenvalue weighted by molar-refractivity contribution is 0.0926. The summed E-state index contributed by atoms with van der Waals surface area (Å²) in [7, 11) is 0. The van der Waals surface area contributed by atoms with Crippen LogP contribution in [0.5, 0.6) is 0 Å². The van der Waals surface area contributed by atoms with Crippen molar-refractivity contribution in [3.8, 4) is 0 Å². The molecule has 0 spiro atoms. The Bertz CT molecular complexity index is 481. The number of aryl methyl sites for hydroxylation is 2. The minimum atomic E-state index is -0.184. The molecule has 0 fully saturated rings. The summed E-state index contributed by atoms with van der Waals surface area (Å²) in [5.74, 6) is -0.0768. The Morgan fingerprint density at radius 3 is 2.75 bits per heavy atom. The number of carbonyl (C=O) groups is 1. The third-order valence-corrected chi connectivity index (χ3v) is 3.14. The Morgan fingerprint density at radius 1 is 1.55 bits per heavy atom. The van der Waals surface area contributed by atoms with E-state index in [1.165, 1.54) is 0 Å². The fourth-order valence-electron chi connectivity index (χ4n) is 1.92. The van der Waals surface area contributed by atoms with Crippen LogP contribution in [0.1, 0.15) is 49.8 Å². The first kappa shape index (κ1) is 16.0. The van der Waals surface area contributed by atoms with Crippen molar-refractivity contribution in [3.05, 3.63) is 17.5 Å². The molecule has 0 aliphatic carbocycles. The predicted molar refractivity (Wildman–Crippen MR) is 76.9 cm³/mol. The van der Waals surface area contributed by atoms with Crippen LogP contribution in [0.3, 0.4) is 0 Å². The largest absolute Gasteiger partial charge is 0.409 e. The standard InChI is InChI=1S/C13H23N5O2/c1-4-9(8-12(14)17-20)15-13(19)11-7-10(5-2)16-18(11)6-3/h7,9,20H,4-6,8H2,1-3H3,(H2,14,17)(H,15,19). The maximum atomic E-state index is 12.3. The third-order valence-electron chi connectivity index (χ3n) is 3.14. The summed E-state index contributed by atoms with van der Waals surface area (Å²) in [4.78, 5) is 12.3. The van der Waals surface area contributed by atoms with Crippen LogP contribution in [-0.4, -0.2) is 32.8 Å². The fraction of sp³-hybridized carbons (Fsp3) is 0.615. The molecule has 0 aliphatic rings. The highest BCUT2D eigenvalue weighted by atomic mass is 16.4. The minimum Gasteiger partial charge on any atom is -0.409 e. The van der Waals surface area contributed by atoms with Gasteiger partial charge in [0.1, 0.15) is 11.5 Å². The Hall–Kier alpha value is -2.05. The van der Waals surface area contributed by atoms with Gasteiger partial charge >= 0.3 is 0 Å². The summed E-state index contributed by atoms with van der Waals surface area (Å²) >= 11 is 0. The molecule has 7 heteroatoms. The van der Waals surface area contributed by atoms with Crippen molar-refractivity contribution in [2.45, 2.75) is 52.6 Å². The van der Waals surface area contributed by atoms with Crippen LogP contribution in [-0.2, 0) is 13.0 Å². The van der Waals surface area contributed by atoms with E-state index in [4.69, 9.17) is 10.9 Å². The quantitative estimate of drug-likeness (QED) is 0.301. The topological polar surface area (TPSA) is 106 Å². The van der Waals surface area contributed by atoms with Gasteiger partial charge in [-0.05, 0) is 25.8 Å². The monoisotopic (exact) mass is 281 g/mol. The van der Waals surface area contributed by atoms with Crippen LogP contribution in [0.2, 0.25) is 0 Å². The summed E-state index contributed by atoms with van der Waals surface area (Å²) in [6, 6.07) is 1.64. The summed E-state index contributed by atoms with van der Waals surface area (Å²) in [5, 5.41) is 18.8. The predicted octanol–water partition coefficient (Wildman–Crippen LogP) is 1.11. The molecule has 1 atom stereocenters. The van der Waals surface area contributed by atoms with E-state index in [2.05, 4.69) is 15.6 Å². The van der Waals surface area contributed by atoms with Gasteiger partial charge in [0, 0.05) is 19.0 Å². The van der Waals surface area contributed by atoms with E-state index in [1.807, 2.05) is 20.8 Å². The smallest absolute Gasteiger partial charge is 0.269 e. The third kappa shape index (κ3) is 3.97. The van der Waals surface area contributed by atoms with Crippen molar-refractivity contribution in [1.82, 2.24) is 15.1 Å². The molecule has 4 N–H and O–H groups in total. The maximum absolute atomic E-state index is 12.3. The minimum absolute atomic E-state index is 0.107. The number of rotatable bonds is 7. The number of amides is 1. The first-order valence-corrected chi connectivity index (χ1v) is 6.89. The Labute approximate surface area is 118 Å². The number of carbonyl (C=O) groups excluding carboxylic acids is 1. The second kappa shape index (κ2) is 7.52. The van der Waals surface area contributed by atoms with Gasteiger partial charge in [-0.2, -0.15) is 5.10 Å². The number of nitrogens with one attached hydrogen (secondary N) is 1. The van der Waals surface area contributed by atoms with Crippen molar-refractivity contribution < 1.29 is 10.0 Å². The van der Waals surface area contributed by atoms with Crippen LogP contribution in [0.15, 0.2) is 11.2 Å². The molecule has 0 aliphatic heterocycles. The van der Waals surface area contributed by atoms with Crippen molar-refractivity contribution >= 4 is 11.7 Å². The van der Waals surface area contributed by atoms with E-state index in [-0.39, 0.29) is 17.8 Å². The highest BCUT2D eigenvalue weighted by Gasteiger charge is 2.18. The molecule has 1 aromatic rings. The molecular weight excluding hydrogens is 258 g/mol. The maximum Gasteiger partial charge on any atom is 0.269 e. The Kier molecular flexibility index (Phi) is 6.02. The van der Waals surface area contributed by atoms with Gasteiger partial charge in [0.2, 0.25) is 0 Å². The molecule has 0 radical (unpaired) electrons. The van der Waals surface area contributed by atoms with Crippen LogP contribution in [0.4, 0.5) is 0 Å². The number of hydrogen-bond donors (Lipinski definition) is 3. The van der Waals surface area contributed by atoms with Crippen molar-refractivity contribution in [3.63, 3.8) is 0 Å². The van der Waals surface area contributed by atoms with E-state index < -0.39 is 0 Å². The van der Waals surface area contributed by atoms with E-state index in [0.717, 1.165) is 12.1 Å². The van der Waals surface area contributed by atoms with Gasteiger partial charge in [0.25, 0.3) is 5.91 Å². The van der Waals surface area contributed by atoms with Gasteiger partial charge in [-0.25, -0.2) is 0 Å². The SMILES string of the molecule is CCc1cc(C(=O)NC(CC)CC(N)=NO)n(CC)n1.